The van der Waals surface area contributed by atoms with Gasteiger partial charge in [-0.25, -0.2) is 0 Å². The normalized spacial score (nSPS) is 15.8. The van der Waals surface area contributed by atoms with Crippen molar-refractivity contribution in [2.24, 2.45) is 0 Å². The molecule has 8 heteroatoms. The predicted octanol–water partition coefficient (Wildman–Crippen LogP) is 5.89. The summed E-state index contributed by atoms with van der Waals surface area (Å²) in [6.07, 6.45) is 3.15. The maximum atomic E-state index is 13.8. The molecule has 1 atom stereocenters. The quantitative estimate of drug-likeness (QED) is 0.352. The summed E-state index contributed by atoms with van der Waals surface area (Å²) >= 11 is 6.17. The zero-order chi connectivity index (χ0) is 24.9. The Balaban J connectivity index is 1.68. The van der Waals surface area contributed by atoms with Crippen molar-refractivity contribution in [2.75, 3.05) is 12.0 Å². The zero-order valence-corrected chi connectivity index (χ0v) is 20.0. The van der Waals surface area contributed by atoms with Crippen molar-refractivity contribution >= 4 is 39.9 Å². The van der Waals surface area contributed by atoms with E-state index in [0.29, 0.717) is 33.0 Å². The highest BCUT2D eigenvalue weighted by Crippen LogP contribution is 2.44. The van der Waals surface area contributed by atoms with Crippen LogP contribution in [0.2, 0.25) is 5.02 Å². The molecule has 176 valence electrons. The zero-order valence-electron chi connectivity index (χ0n) is 19.2. The van der Waals surface area contributed by atoms with E-state index in [4.69, 9.17) is 20.8 Å². The lowest BCUT2D eigenvalue weighted by Gasteiger charge is -2.28. The molecule has 1 N–H and O–H groups in total. The van der Waals surface area contributed by atoms with Gasteiger partial charge in [-0.05, 0) is 60.9 Å². The molecule has 0 radical (unpaired) electrons. The topological polar surface area (TPSA) is 92.9 Å². The van der Waals surface area contributed by atoms with Gasteiger partial charge >= 0.3 is 0 Å². The molecule has 3 heterocycles. The number of methoxy groups -OCH3 is 1. The smallest absolute Gasteiger partial charge is 0.294 e. The van der Waals surface area contributed by atoms with Gasteiger partial charge in [-0.15, -0.1) is 0 Å². The Morgan fingerprint density at radius 2 is 1.86 bits per heavy atom. The van der Waals surface area contributed by atoms with Gasteiger partial charge < -0.3 is 14.3 Å². The number of benzene rings is 2. The van der Waals surface area contributed by atoms with Gasteiger partial charge in [0.25, 0.3) is 5.91 Å². The van der Waals surface area contributed by atoms with Crippen molar-refractivity contribution in [3.8, 4) is 5.75 Å². The summed E-state index contributed by atoms with van der Waals surface area (Å²) in [4.78, 5) is 32.7. The predicted molar refractivity (Wildman–Crippen MR) is 132 cm³/mol. The molecular formula is C27H21ClN2O5. The third-order valence-electron chi connectivity index (χ3n) is 6.09. The lowest BCUT2D eigenvalue weighted by Crippen LogP contribution is -2.31. The van der Waals surface area contributed by atoms with Crippen LogP contribution in [0.15, 0.2) is 76.7 Å². The fourth-order valence-electron chi connectivity index (χ4n) is 4.41. The van der Waals surface area contributed by atoms with E-state index in [9.17, 15) is 14.7 Å². The Bertz CT molecular complexity index is 1520. The minimum absolute atomic E-state index is 0.0446. The molecule has 1 amide bonds. The molecule has 35 heavy (non-hydrogen) atoms. The molecule has 0 saturated carbocycles. The summed E-state index contributed by atoms with van der Waals surface area (Å²) < 4.78 is 11.2. The Labute approximate surface area is 206 Å². The number of aryl methyl sites for hydroxylation is 2. The molecule has 7 nitrogen and oxygen atoms in total. The number of fused-ring (bicyclic) bond motifs is 1. The van der Waals surface area contributed by atoms with Crippen molar-refractivity contribution in [1.82, 2.24) is 4.98 Å². The maximum absolute atomic E-state index is 13.8. The number of Topliss-reactive ketones (excluding diaryl/α,β-unsaturated/α-hetero) is 1. The van der Waals surface area contributed by atoms with Crippen LogP contribution in [-0.4, -0.2) is 28.9 Å². The second-order valence-corrected chi connectivity index (χ2v) is 8.81. The number of pyridine rings is 1. The number of ether oxygens (including phenoxy) is 1. The number of aliphatic hydroxyl groups is 1. The number of ketones is 1. The maximum Gasteiger partial charge on any atom is 0.294 e. The first-order valence-electron chi connectivity index (χ1n) is 10.9. The largest absolute Gasteiger partial charge is 0.503 e. The number of hydrogen-bond acceptors (Lipinski definition) is 6. The van der Waals surface area contributed by atoms with Crippen LogP contribution >= 0.6 is 11.6 Å². The number of hydrogen-bond donors (Lipinski definition) is 1. The van der Waals surface area contributed by atoms with Crippen molar-refractivity contribution < 1.29 is 23.8 Å². The number of rotatable bonds is 5. The number of halogens is 1. The standard InChI is InChI=1S/C27H21ClN2O5/c1-14-4-5-15(2)19(10-14)30-23(16-6-8-29-9-7-16)22(25(32)27(30)33)24(31)20-12-17-11-18(28)13-21(34-3)26(17)35-20/h4-13,23,32H,1-3H3. The third kappa shape index (κ3) is 3.74. The number of carbonyl (C=O) groups excluding carboxylic acids is 2. The van der Waals surface area contributed by atoms with Gasteiger partial charge in [-0.3, -0.25) is 19.5 Å². The summed E-state index contributed by atoms with van der Waals surface area (Å²) in [7, 11) is 1.47. The molecule has 1 unspecified atom stereocenters. The van der Waals surface area contributed by atoms with Gasteiger partial charge in [-0.1, -0.05) is 23.7 Å². The second-order valence-electron chi connectivity index (χ2n) is 8.38. The van der Waals surface area contributed by atoms with Crippen molar-refractivity contribution in [2.45, 2.75) is 19.9 Å². The molecule has 2 aromatic heterocycles. The van der Waals surface area contributed by atoms with Crippen LogP contribution in [0.3, 0.4) is 0 Å². The summed E-state index contributed by atoms with van der Waals surface area (Å²) in [6, 6.07) is 13.0. The first-order chi connectivity index (χ1) is 16.8. The van der Waals surface area contributed by atoms with Gasteiger partial charge in [0.2, 0.25) is 5.78 Å². The van der Waals surface area contributed by atoms with Crippen LogP contribution in [0, 0.1) is 13.8 Å². The lowest BCUT2D eigenvalue weighted by atomic mass is 9.95. The van der Waals surface area contributed by atoms with Gasteiger partial charge in [0.15, 0.2) is 22.9 Å². The van der Waals surface area contributed by atoms with E-state index in [2.05, 4.69) is 4.98 Å². The first kappa shape index (κ1) is 22.7. The summed E-state index contributed by atoms with van der Waals surface area (Å²) in [6.45, 7) is 3.79. The highest BCUT2D eigenvalue weighted by atomic mass is 35.5. The monoisotopic (exact) mass is 488 g/mol. The van der Waals surface area contributed by atoms with Crippen LogP contribution < -0.4 is 9.64 Å². The molecule has 2 aromatic carbocycles. The van der Waals surface area contributed by atoms with Gasteiger partial charge in [0.1, 0.15) is 0 Å². The lowest BCUT2D eigenvalue weighted by molar-refractivity contribution is -0.117. The van der Waals surface area contributed by atoms with E-state index in [1.54, 1.807) is 36.7 Å². The first-order valence-corrected chi connectivity index (χ1v) is 11.2. The van der Waals surface area contributed by atoms with E-state index in [0.717, 1.165) is 11.1 Å². The molecule has 4 aromatic rings. The number of furan rings is 1. The number of aromatic nitrogens is 1. The van der Waals surface area contributed by atoms with Crippen molar-refractivity contribution in [1.29, 1.82) is 0 Å². The fraction of sp³-hybridized carbons (Fsp3) is 0.148. The van der Waals surface area contributed by atoms with E-state index in [-0.39, 0.29) is 11.3 Å². The average Bonchev–Trinajstić information content (AvgIpc) is 3.39. The van der Waals surface area contributed by atoms with Crippen LogP contribution in [0.5, 0.6) is 5.75 Å². The molecular weight excluding hydrogens is 468 g/mol. The molecule has 1 aliphatic heterocycles. The Kier molecular flexibility index (Phi) is 5.57. The minimum Gasteiger partial charge on any atom is -0.503 e. The van der Waals surface area contributed by atoms with E-state index in [1.807, 2.05) is 32.0 Å². The van der Waals surface area contributed by atoms with Crippen LogP contribution in [0.4, 0.5) is 5.69 Å². The fourth-order valence-corrected chi connectivity index (χ4v) is 4.62. The van der Waals surface area contributed by atoms with Crippen LogP contribution in [-0.2, 0) is 4.79 Å². The summed E-state index contributed by atoms with van der Waals surface area (Å²) in [5.74, 6) is -1.57. The SMILES string of the molecule is COc1cc(Cl)cc2cc(C(=O)C3=C(O)C(=O)N(c4cc(C)ccc4C)C3c3ccncc3)oc12. The summed E-state index contributed by atoms with van der Waals surface area (Å²) in [5.41, 5.74) is 3.25. The third-order valence-corrected chi connectivity index (χ3v) is 6.31. The van der Waals surface area contributed by atoms with Gasteiger partial charge in [0, 0.05) is 34.6 Å². The Morgan fingerprint density at radius 1 is 1.11 bits per heavy atom. The molecule has 0 aliphatic carbocycles. The molecule has 1 aliphatic rings. The van der Waals surface area contributed by atoms with E-state index >= 15 is 0 Å². The van der Waals surface area contributed by atoms with E-state index in [1.165, 1.54) is 18.1 Å². The van der Waals surface area contributed by atoms with Gasteiger partial charge in [-0.2, -0.15) is 0 Å². The Hall–Kier alpha value is -4.10. The minimum atomic E-state index is -0.878. The van der Waals surface area contributed by atoms with Crippen molar-refractivity contribution in [3.05, 3.63) is 99.7 Å². The van der Waals surface area contributed by atoms with E-state index < -0.39 is 23.5 Å². The Morgan fingerprint density at radius 3 is 2.57 bits per heavy atom. The molecule has 0 bridgehead atoms. The number of carbonyl (C=O) groups is 2. The second kappa shape index (κ2) is 8.60. The number of nitrogens with zero attached hydrogens (tertiary/aromatic N) is 2. The highest BCUT2D eigenvalue weighted by molar-refractivity contribution is 6.31. The molecule has 0 saturated heterocycles. The van der Waals surface area contributed by atoms with Crippen LogP contribution in [0.25, 0.3) is 11.0 Å². The molecule has 0 spiro atoms. The number of aliphatic hydroxyl groups excluding tert-OH is 1. The highest BCUT2D eigenvalue weighted by Gasteiger charge is 2.45. The van der Waals surface area contributed by atoms with Crippen LogP contribution in [0.1, 0.15) is 33.3 Å². The average molecular weight is 489 g/mol. The van der Waals surface area contributed by atoms with Gasteiger partial charge in [0.05, 0.1) is 18.7 Å². The molecule has 5 rings (SSSR count). The number of anilines is 1. The summed E-state index contributed by atoms with van der Waals surface area (Å²) in [5, 5.41) is 12.0. The number of amides is 1. The molecule has 0 fully saturated rings. The van der Waals surface area contributed by atoms with Crippen molar-refractivity contribution in [3.63, 3.8) is 0 Å².